The molecule has 0 atom stereocenters. The van der Waals surface area contributed by atoms with Crippen LogP contribution in [0.2, 0.25) is 0 Å². The summed E-state index contributed by atoms with van der Waals surface area (Å²) in [6.45, 7) is 0.787. The second-order valence-electron chi connectivity index (χ2n) is 3.29. The average molecular weight is 200 g/mol. The van der Waals surface area contributed by atoms with E-state index in [1.54, 1.807) is 0 Å². The van der Waals surface area contributed by atoms with E-state index in [1.165, 1.54) is 11.8 Å². The predicted molar refractivity (Wildman–Crippen MR) is 59.4 cm³/mol. The fourth-order valence-corrected chi connectivity index (χ4v) is 1.53. The summed E-state index contributed by atoms with van der Waals surface area (Å²) < 4.78 is 2.02. The molecule has 0 bridgehead atoms. The second kappa shape index (κ2) is 4.46. The van der Waals surface area contributed by atoms with Crippen molar-refractivity contribution < 1.29 is 5.21 Å². The lowest BCUT2D eigenvalue weighted by atomic mass is 10.2. The molecule has 1 heterocycles. The number of nitrogens with zero attached hydrogens (tertiary/aromatic N) is 2. The van der Waals surface area contributed by atoms with Gasteiger partial charge in [-0.05, 0) is 17.7 Å². The maximum absolute atomic E-state index is 8.48. The Balaban J connectivity index is 2.21. The molecule has 3 nitrogen and oxygen atoms in total. The largest absolute Gasteiger partial charge is 0.411 e. The van der Waals surface area contributed by atoms with E-state index in [0.717, 1.165) is 12.2 Å². The first-order valence-corrected chi connectivity index (χ1v) is 4.76. The SMILES string of the molecule is O/N=C/c1cccn1Cc1ccccc1. The van der Waals surface area contributed by atoms with Gasteiger partial charge in [-0.1, -0.05) is 35.5 Å². The minimum absolute atomic E-state index is 0.787. The molecule has 0 radical (unpaired) electrons. The highest BCUT2D eigenvalue weighted by Crippen LogP contribution is 2.06. The molecule has 0 amide bonds. The van der Waals surface area contributed by atoms with Crippen molar-refractivity contribution in [2.24, 2.45) is 5.16 Å². The third kappa shape index (κ3) is 2.26. The van der Waals surface area contributed by atoms with Gasteiger partial charge in [-0.25, -0.2) is 0 Å². The van der Waals surface area contributed by atoms with Crippen molar-refractivity contribution in [1.82, 2.24) is 4.57 Å². The Labute approximate surface area is 88.3 Å². The van der Waals surface area contributed by atoms with Gasteiger partial charge in [0.2, 0.25) is 0 Å². The lowest BCUT2D eigenvalue weighted by molar-refractivity contribution is 0.321. The van der Waals surface area contributed by atoms with Crippen LogP contribution in [-0.4, -0.2) is 16.0 Å². The highest BCUT2D eigenvalue weighted by atomic mass is 16.4. The van der Waals surface area contributed by atoms with Gasteiger partial charge >= 0.3 is 0 Å². The van der Waals surface area contributed by atoms with Gasteiger partial charge in [-0.15, -0.1) is 0 Å². The Morgan fingerprint density at radius 2 is 1.93 bits per heavy atom. The number of benzene rings is 1. The zero-order chi connectivity index (χ0) is 10.5. The fourth-order valence-electron chi connectivity index (χ4n) is 1.53. The number of hydrogen-bond acceptors (Lipinski definition) is 2. The Hall–Kier alpha value is -2.03. The molecule has 0 aliphatic rings. The van der Waals surface area contributed by atoms with E-state index in [9.17, 15) is 0 Å². The minimum Gasteiger partial charge on any atom is -0.411 e. The molecule has 0 unspecified atom stereocenters. The van der Waals surface area contributed by atoms with Crippen LogP contribution in [0.1, 0.15) is 11.3 Å². The molecular weight excluding hydrogens is 188 g/mol. The Morgan fingerprint density at radius 3 is 2.67 bits per heavy atom. The first-order valence-electron chi connectivity index (χ1n) is 4.76. The van der Waals surface area contributed by atoms with Crippen molar-refractivity contribution in [3.8, 4) is 0 Å². The van der Waals surface area contributed by atoms with E-state index in [-0.39, 0.29) is 0 Å². The molecular formula is C12H12N2O. The molecule has 0 aliphatic heterocycles. The predicted octanol–water partition coefficient (Wildman–Crippen LogP) is 2.34. The van der Waals surface area contributed by atoms with Crippen LogP contribution in [0, 0.1) is 0 Å². The van der Waals surface area contributed by atoms with E-state index >= 15 is 0 Å². The maximum atomic E-state index is 8.48. The zero-order valence-corrected chi connectivity index (χ0v) is 8.24. The van der Waals surface area contributed by atoms with Crippen molar-refractivity contribution in [2.75, 3.05) is 0 Å². The van der Waals surface area contributed by atoms with Crippen molar-refractivity contribution in [3.63, 3.8) is 0 Å². The third-order valence-corrected chi connectivity index (χ3v) is 2.25. The summed E-state index contributed by atoms with van der Waals surface area (Å²) in [7, 11) is 0. The fraction of sp³-hybridized carbons (Fsp3) is 0.0833. The average Bonchev–Trinajstić information content (AvgIpc) is 2.68. The molecule has 1 N–H and O–H groups in total. The van der Waals surface area contributed by atoms with Gasteiger partial charge in [-0.3, -0.25) is 0 Å². The smallest absolute Gasteiger partial charge is 0.0898 e. The van der Waals surface area contributed by atoms with Crippen molar-refractivity contribution >= 4 is 6.21 Å². The number of rotatable bonds is 3. The summed E-state index contributed by atoms with van der Waals surface area (Å²) in [6, 6.07) is 14.0. The topological polar surface area (TPSA) is 37.5 Å². The van der Waals surface area contributed by atoms with Crippen molar-refractivity contribution in [3.05, 3.63) is 59.9 Å². The first kappa shape index (κ1) is 9.52. The van der Waals surface area contributed by atoms with E-state index in [1.807, 2.05) is 41.1 Å². The number of oxime groups is 1. The normalized spacial score (nSPS) is 10.9. The molecule has 1 aromatic heterocycles. The molecule has 2 aromatic rings. The standard InChI is InChI=1S/C12H12N2O/c15-13-9-12-7-4-8-14(12)10-11-5-2-1-3-6-11/h1-9,15H,10H2/b13-9+. The minimum atomic E-state index is 0.787. The van der Waals surface area contributed by atoms with Gasteiger partial charge in [0, 0.05) is 12.7 Å². The highest BCUT2D eigenvalue weighted by molar-refractivity contribution is 5.76. The highest BCUT2D eigenvalue weighted by Gasteiger charge is 1.98. The molecule has 0 saturated heterocycles. The molecule has 0 saturated carbocycles. The van der Waals surface area contributed by atoms with Crippen molar-refractivity contribution in [1.29, 1.82) is 0 Å². The summed E-state index contributed by atoms with van der Waals surface area (Å²) >= 11 is 0. The Kier molecular flexibility index (Phi) is 2.83. The quantitative estimate of drug-likeness (QED) is 0.461. The zero-order valence-electron chi connectivity index (χ0n) is 8.24. The Bertz CT molecular complexity index is 446. The summed E-state index contributed by atoms with van der Waals surface area (Å²) in [5, 5.41) is 11.5. The van der Waals surface area contributed by atoms with Crippen LogP contribution < -0.4 is 0 Å². The summed E-state index contributed by atoms with van der Waals surface area (Å²) in [5.74, 6) is 0. The molecule has 0 aliphatic carbocycles. The van der Waals surface area contributed by atoms with E-state index in [0.29, 0.717) is 0 Å². The van der Waals surface area contributed by atoms with Crippen LogP contribution in [0.3, 0.4) is 0 Å². The summed E-state index contributed by atoms with van der Waals surface area (Å²) in [5.41, 5.74) is 2.11. The first-order chi connectivity index (χ1) is 7.40. The van der Waals surface area contributed by atoms with Crippen LogP contribution in [-0.2, 0) is 6.54 Å². The van der Waals surface area contributed by atoms with Crippen LogP contribution >= 0.6 is 0 Å². The van der Waals surface area contributed by atoms with Gasteiger partial charge in [0.15, 0.2) is 0 Å². The van der Waals surface area contributed by atoms with Crippen LogP contribution in [0.15, 0.2) is 53.8 Å². The summed E-state index contributed by atoms with van der Waals surface area (Å²) in [4.78, 5) is 0. The van der Waals surface area contributed by atoms with Crippen LogP contribution in [0.4, 0.5) is 0 Å². The third-order valence-electron chi connectivity index (χ3n) is 2.25. The summed E-state index contributed by atoms with van der Waals surface area (Å²) in [6.07, 6.45) is 3.40. The number of hydrogen-bond donors (Lipinski definition) is 1. The van der Waals surface area contributed by atoms with Gasteiger partial charge in [0.25, 0.3) is 0 Å². The van der Waals surface area contributed by atoms with Crippen LogP contribution in [0.25, 0.3) is 0 Å². The van der Waals surface area contributed by atoms with E-state index in [4.69, 9.17) is 5.21 Å². The molecule has 15 heavy (non-hydrogen) atoms. The van der Waals surface area contributed by atoms with E-state index in [2.05, 4.69) is 17.3 Å². The van der Waals surface area contributed by atoms with Gasteiger partial charge in [0.05, 0.1) is 11.9 Å². The van der Waals surface area contributed by atoms with Gasteiger partial charge in [0.1, 0.15) is 0 Å². The van der Waals surface area contributed by atoms with E-state index < -0.39 is 0 Å². The lowest BCUT2D eigenvalue weighted by Gasteiger charge is -2.05. The monoisotopic (exact) mass is 200 g/mol. The van der Waals surface area contributed by atoms with Gasteiger partial charge in [-0.2, -0.15) is 0 Å². The molecule has 3 heteroatoms. The Morgan fingerprint density at radius 1 is 1.13 bits per heavy atom. The molecule has 0 fully saturated rings. The second-order valence-corrected chi connectivity index (χ2v) is 3.29. The maximum Gasteiger partial charge on any atom is 0.0898 e. The lowest BCUT2D eigenvalue weighted by Crippen LogP contribution is -2.02. The van der Waals surface area contributed by atoms with Gasteiger partial charge < -0.3 is 9.77 Å². The molecule has 76 valence electrons. The molecule has 1 aromatic carbocycles. The van der Waals surface area contributed by atoms with Crippen molar-refractivity contribution in [2.45, 2.75) is 6.54 Å². The van der Waals surface area contributed by atoms with Crippen LogP contribution in [0.5, 0.6) is 0 Å². The molecule has 2 rings (SSSR count). The number of aromatic nitrogens is 1. The molecule has 0 spiro atoms.